The van der Waals surface area contributed by atoms with Crippen molar-refractivity contribution in [1.82, 2.24) is 10.2 Å². The fraction of sp³-hybridized carbons (Fsp3) is 0.458. The lowest BCUT2D eigenvalue weighted by Crippen LogP contribution is -2.47. The lowest BCUT2D eigenvalue weighted by molar-refractivity contribution is -0.124. The molecule has 29 heavy (non-hydrogen) atoms. The Morgan fingerprint density at radius 2 is 2.03 bits per heavy atom. The van der Waals surface area contributed by atoms with Gasteiger partial charge in [-0.3, -0.25) is 9.69 Å². The van der Waals surface area contributed by atoms with Crippen LogP contribution >= 0.6 is 0 Å². The highest BCUT2D eigenvalue weighted by atomic mass is 16.5. The second kappa shape index (κ2) is 10.4. The van der Waals surface area contributed by atoms with Crippen LogP contribution in [0.1, 0.15) is 36.5 Å². The predicted octanol–water partition coefficient (Wildman–Crippen LogP) is 3.51. The van der Waals surface area contributed by atoms with Gasteiger partial charge in [-0.25, -0.2) is 0 Å². The molecule has 1 atom stereocenters. The highest BCUT2D eigenvalue weighted by molar-refractivity contribution is 5.77. The number of carbonyl (C=O) groups is 1. The van der Waals surface area contributed by atoms with E-state index < -0.39 is 0 Å². The number of aryl methyl sites for hydroxylation is 1. The number of benzene rings is 2. The summed E-state index contributed by atoms with van der Waals surface area (Å²) >= 11 is 0. The van der Waals surface area contributed by atoms with Gasteiger partial charge in [0.25, 0.3) is 5.91 Å². The van der Waals surface area contributed by atoms with Gasteiger partial charge in [0.2, 0.25) is 0 Å². The molecule has 0 aliphatic carbocycles. The fourth-order valence-electron chi connectivity index (χ4n) is 3.44. The van der Waals surface area contributed by atoms with Crippen LogP contribution in [0.15, 0.2) is 48.5 Å². The van der Waals surface area contributed by atoms with E-state index in [2.05, 4.69) is 54.4 Å². The number of amides is 1. The molecule has 0 bridgehead atoms. The van der Waals surface area contributed by atoms with Gasteiger partial charge in [-0.05, 0) is 35.6 Å². The summed E-state index contributed by atoms with van der Waals surface area (Å²) in [4.78, 5) is 14.6. The molecule has 0 radical (unpaired) electrons. The molecular formula is C24H32N2O3. The molecule has 2 aromatic carbocycles. The van der Waals surface area contributed by atoms with Crippen LogP contribution in [0.5, 0.6) is 5.75 Å². The smallest absolute Gasteiger partial charge is 0.258 e. The van der Waals surface area contributed by atoms with Crippen LogP contribution in [0.3, 0.4) is 0 Å². The summed E-state index contributed by atoms with van der Waals surface area (Å²) in [6.07, 6.45) is 0.00224. The van der Waals surface area contributed by atoms with Crippen LogP contribution < -0.4 is 10.1 Å². The largest absolute Gasteiger partial charge is 0.483 e. The van der Waals surface area contributed by atoms with Crippen LogP contribution in [0.2, 0.25) is 0 Å². The summed E-state index contributed by atoms with van der Waals surface area (Å²) in [6.45, 7) is 10.1. The average Bonchev–Trinajstić information content (AvgIpc) is 2.72. The minimum atomic E-state index is -0.122. The topological polar surface area (TPSA) is 50.8 Å². The van der Waals surface area contributed by atoms with Crippen LogP contribution in [0.4, 0.5) is 0 Å². The van der Waals surface area contributed by atoms with Gasteiger partial charge < -0.3 is 14.8 Å². The standard InChI is InChI=1S/C24H32N2O3/c1-18(2)21-10-9-19(3)23(13-21)29-17-24(27)25-14-22-16-26(11-12-28-22)15-20-7-5-4-6-8-20/h4-10,13,18,22H,11-12,14-17H2,1-3H3,(H,25,27). The Balaban J connectivity index is 1.43. The van der Waals surface area contributed by atoms with E-state index in [1.165, 1.54) is 11.1 Å². The van der Waals surface area contributed by atoms with E-state index in [1.807, 2.05) is 25.1 Å². The Labute approximate surface area is 174 Å². The number of hydrogen-bond donors (Lipinski definition) is 1. The first-order valence-corrected chi connectivity index (χ1v) is 10.4. The van der Waals surface area contributed by atoms with Crippen molar-refractivity contribution < 1.29 is 14.3 Å². The molecular weight excluding hydrogens is 364 g/mol. The van der Waals surface area contributed by atoms with Crippen molar-refractivity contribution in [2.45, 2.75) is 39.3 Å². The SMILES string of the molecule is Cc1ccc(C(C)C)cc1OCC(=O)NCC1CN(Cc2ccccc2)CCO1. The Morgan fingerprint density at radius 3 is 2.79 bits per heavy atom. The molecule has 2 aromatic rings. The summed E-state index contributed by atoms with van der Waals surface area (Å²) in [5.41, 5.74) is 3.54. The maximum absolute atomic E-state index is 12.3. The first-order valence-electron chi connectivity index (χ1n) is 10.4. The van der Waals surface area contributed by atoms with Gasteiger partial charge in [-0.1, -0.05) is 56.3 Å². The zero-order valence-corrected chi connectivity index (χ0v) is 17.7. The van der Waals surface area contributed by atoms with Gasteiger partial charge in [0.05, 0.1) is 12.7 Å². The molecule has 0 saturated carbocycles. The Morgan fingerprint density at radius 1 is 1.24 bits per heavy atom. The van der Waals surface area contributed by atoms with E-state index in [0.29, 0.717) is 19.1 Å². The normalized spacial score (nSPS) is 17.3. The molecule has 5 nitrogen and oxygen atoms in total. The molecule has 1 fully saturated rings. The number of ether oxygens (including phenoxy) is 2. The van der Waals surface area contributed by atoms with E-state index in [0.717, 1.165) is 30.9 Å². The maximum atomic E-state index is 12.3. The maximum Gasteiger partial charge on any atom is 0.258 e. The highest BCUT2D eigenvalue weighted by Gasteiger charge is 2.21. The minimum absolute atomic E-state index is 0.00224. The molecule has 0 aromatic heterocycles. The van der Waals surface area contributed by atoms with Crippen molar-refractivity contribution in [3.05, 3.63) is 65.2 Å². The number of rotatable bonds is 8. The number of nitrogens with one attached hydrogen (secondary N) is 1. The van der Waals surface area contributed by atoms with Crippen molar-refractivity contribution in [3.8, 4) is 5.75 Å². The second-order valence-electron chi connectivity index (χ2n) is 7.99. The predicted molar refractivity (Wildman–Crippen MR) is 115 cm³/mol. The zero-order chi connectivity index (χ0) is 20.6. The van der Waals surface area contributed by atoms with Gasteiger partial charge >= 0.3 is 0 Å². The van der Waals surface area contributed by atoms with Crippen LogP contribution in [0, 0.1) is 6.92 Å². The Kier molecular flexibility index (Phi) is 7.67. The third kappa shape index (κ3) is 6.58. The molecule has 3 rings (SSSR count). The highest BCUT2D eigenvalue weighted by Crippen LogP contribution is 2.24. The lowest BCUT2D eigenvalue weighted by atomic mass is 10.0. The quantitative estimate of drug-likeness (QED) is 0.742. The summed E-state index contributed by atoms with van der Waals surface area (Å²) < 4.78 is 11.6. The summed E-state index contributed by atoms with van der Waals surface area (Å²) in [6, 6.07) is 16.6. The van der Waals surface area contributed by atoms with Crippen molar-refractivity contribution in [3.63, 3.8) is 0 Å². The zero-order valence-electron chi connectivity index (χ0n) is 17.7. The van der Waals surface area contributed by atoms with Gasteiger partial charge in [0, 0.05) is 26.2 Å². The molecule has 0 spiro atoms. The van der Waals surface area contributed by atoms with Gasteiger partial charge in [-0.2, -0.15) is 0 Å². The van der Waals surface area contributed by atoms with Gasteiger partial charge in [0.1, 0.15) is 5.75 Å². The Bertz CT molecular complexity index is 792. The molecule has 1 heterocycles. The van der Waals surface area contributed by atoms with Crippen LogP contribution in [-0.4, -0.2) is 49.8 Å². The Hall–Kier alpha value is -2.37. The molecule has 1 aliphatic heterocycles. The summed E-state index contributed by atoms with van der Waals surface area (Å²) in [5, 5.41) is 2.95. The first-order chi connectivity index (χ1) is 14.0. The third-order valence-corrected chi connectivity index (χ3v) is 5.24. The molecule has 1 N–H and O–H groups in total. The van der Waals surface area contributed by atoms with Crippen LogP contribution in [-0.2, 0) is 16.1 Å². The van der Waals surface area contributed by atoms with Crippen molar-refractivity contribution in [2.24, 2.45) is 0 Å². The van der Waals surface area contributed by atoms with E-state index in [4.69, 9.17) is 9.47 Å². The average molecular weight is 397 g/mol. The van der Waals surface area contributed by atoms with E-state index in [9.17, 15) is 4.79 Å². The minimum Gasteiger partial charge on any atom is -0.483 e. The van der Waals surface area contributed by atoms with Crippen molar-refractivity contribution >= 4 is 5.91 Å². The number of carbonyl (C=O) groups excluding carboxylic acids is 1. The number of morpholine rings is 1. The second-order valence-corrected chi connectivity index (χ2v) is 7.99. The summed E-state index contributed by atoms with van der Waals surface area (Å²) in [5.74, 6) is 1.08. The number of hydrogen-bond acceptors (Lipinski definition) is 4. The van der Waals surface area contributed by atoms with Gasteiger partial charge in [-0.15, -0.1) is 0 Å². The molecule has 1 aliphatic rings. The monoisotopic (exact) mass is 396 g/mol. The molecule has 156 valence electrons. The molecule has 1 saturated heterocycles. The molecule has 1 amide bonds. The van der Waals surface area contributed by atoms with Crippen molar-refractivity contribution in [2.75, 3.05) is 32.8 Å². The first kappa shape index (κ1) is 21.3. The lowest BCUT2D eigenvalue weighted by Gasteiger charge is -2.33. The van der Waals surface area contributed by atoms with Crippen molar-refractivity contribution in [1.29, 1.82) is 0 Å². The summed E-state index contributed by atoms with van der Waals surface area (Å²) in [7, 11) is 0. The fourth-order valence-corrected chi connectivity index (χ4v) is 3.44. The molecule has 5 heteroatoms. The van der Waals surface area contributed by atoms with E-state index >= 15 is 0 Å². The molecule has 1 unspecified atom stereocenters. The van der Waals surface area contributed by atoms with E-state index in [1.54, 1.807) is 0 Å². The third-order valence-electron chi connectivity index (χ3n) is 5.24. The van der Waals surface area contributed by atoms with Crippen LogP contribution in [0.25, 0.3) is 0 Å². The van der Waals surface area contributed by atoms with Gasteiger partial charge in [0.15, 0.2) is 6.61 Å². The number of nitrogens with zero attached hydrogens (tertiary/aromatic N) is 1. The van der Waals surface area contributed by atoms with E-state index in [-0.39, 0.29) is 18.6 Å².